The largest absolute Gasteiger partial charge is 0.376 e. The number of hydrogen-bond acceptors (Lipinski definition) is 4. The molecule has 3 N–H and O–H groups in total. The van der Waals surface area contributed by atoms with Crippen LogP contribution in [0.25, 0.3) is 0 Å². The lowest BCUT2D eigenvalue weighted by atomic mass is 9.88. The Balaban J connectivity index is 2.15. The van der Waals surface area contributed by atoms with E-state index < -0.39 is 0 Å². The average molecular weight is 272 g/mol. The van der Waals surface area contributed by atoms with E-state index in [0.717, 1.165) is 12.8 Å². The van der Waals surface area contributed by atoms with E-state index in [9.17, 15) is 4.79 Å². The first-order chi connectivity index (χ1) is 9.13. The molecule has 1 aliphatic heterocycles. The highest BCUT2D eigenvalue weighted by Crippen LogP contribution is 2.20. The molecule has 112 valence electrons. The Morgan fingerprint density at radius 1 is 1.37 bits per heavy atom. The zero-order chi connectivity index (χ0) is 14.1. The smallest absolute Gasteiger partial charge is 0.220 e. The minimum Gasteiger partial charge on any atom is -0.376 e. The van der Waals surface area contributed by atoms with E-state index in [0.29, 0.717) is 51.2 Å². The molecule has 0 radical (unpaired) electrons. The molecule has 0 aromatic carbocycles. The third kappa shape index (κ3) is 6.89. The molecule has 0 aromatic heterocycles. The number of carbonyl (C=O) groups excluding carboxylic acids is 1. The van der Waals surface area contributed by atoms with Crippen molar-refractivity contribution in [2.75, 3.05) is 32.9 Å². The van der Waals surface area contributed by atoms with Gasteiger partial charge in [-0.1, -0.05) is 13.8 Å². The van der Waals surface area contributed by atoms with Crippen LogP contribution in [0.1, 0.15) is 33.1 Å². The topological polar surface area (TPSA) is 73.6 Å². The molecule has 5 heteroatoms. The third-order valence-electron chi connectivity index (χ3n) is 3.63. The molecular weight excluding hydrogens is 244 g/mol. The van der Waals surface area contributed by atoms with Gasteiger partial charge in [0.25, 0.3) is 0 Å². The molecule has 0 aromatic rings. The molecule has 2 unspecified atom stereocenters. The molecule has 1 rings (SSSR count). The molecule has 0 aliphatic carbocycles. The van der Waals surface area contributed by atoms with Crippen molar-refractivity contribution in [3.63, 3.8) is 0 Å². The van der Waals surface area contributed by atoms with Crippen LogP contribution in [0.4, 0.5) is 0 Å². The van der Waals surface area contributed by atoms with Crippen LogP contribution in [0.3, 0.4) is 0 Å². The van der Waals surface area contributed by atoms with Gasteiger partial charge in [0.2, 0.25) is 5.91 Å². The highest BCUT2D eigenvalue weighted by Gasteiger charge is 2.17. The number of amides is 1. The van der Waals surface area contributed by atoms with Crippen molar-refractivity contribution in [2.45, 2.75) is 39.2 Å². The van der Waals surface area contributed by atoms with E-state index in [4.69, 9.17) is 15.2 Å². The van der Waals surface area contributed by atoms with Gasteiger partial charge in [0.1, 0.15) is 0 Å². The Bertz CT molecular complexity index is 253. The summed E-state index contributed by atoms with van der Waals surface area (Å²) < 4.78 is 10.8. The maximum absolute atomic E-state index is 11.8. The van der Waals surface area contributed by atoms with Crippen LogP contribution in [0.2, 0.25) is 0 Å². The second-order valence-corrected chi connectivity index (χ2v) is 5.49. The lowest BCUT2D eigenvalue weighted by molar-refractivity contribution is -0.124. The van der Waals surface area contributed by atoms with Gasteiger partial charge in [-0.3, -0.25) is 4.79 Å². The standard InChI is InChI=1S/C14H28N2O3/c1-11(2)12(5-6-15)3-4-14(17)16-9-13-10-18-7-8-19-13/h11-13H,3-10,15H2,1-2H3,(H,16,17). The van der Waals surface area contributed by atoms with Gasteiger partial charge in [-0.2, -0.15) is 0 Å². The summed E-state index contributed by atoms with van der Waals surface area (Å²) in [5.74, 6) is 1.20. The number of hydrogen-bond donors (Lipinski definition) is 2. The van der Waals surface area contributed by atoms with Crippen LogP contribution in [0.15, 0.2) is 0 Å². The lowest BCUT2D eigenvalue weighted by Crippen LogP contribution is -2.39. The van der Waals surface area contributed by atoms with Gasteiger partial charge in [-0.05, 0) is 31.2 Å². The Morgan fingerprint density at radius 3 is 2.74 bits per heavy atom. The van der Waals surface area contributed by atoms with Crippen molar-refractivity contribution >= 4 is 5.91 Å². The fourth-order valence-corrected chi connectivity index (χ4v) is 2.31. The van der Waals surface area contributed by atoms with Gasteiger partial charge in [-0.25, -0.2) is 0 Å². The molecule has 0 bridgehead atoms. The molecule has 1 aliphatic rings. The molecule has 2 atom stereocenters. The average Bonchev–Trinajstić information content (AvgIpc) is 2.42. The van der Waals surface area contributed by atoms with Crippen LogP contribution in [-0.4, -0.2) is 44.9 Å². The first-order valence-electron chi connectivity index (χ1n) is 7.29. The Labute approximate surface area is 116 Å². The van der Waals surface area contributed by atoms with Gasteiger partial charge in [0.15, 0.2) is 0 Å². The number of nitrogens with one attached hydrogen (secondary N) is 1. The molecule has 5 nitrogen and oxygen atoms in total. The zero-order valence-electron chi connectivity index (χ0n) is 12.2. The lowest BCUT2D eigenvalue weighted by Gasteiger charge is -2.23. The first-order valence-corrected chi connectivity index (χ1v) is 7.29. The summed E-state index contributed by atoms with van der Waals surface area (Å²) in [4.78, 5) is 11.8. The Hall–Kier alpha value is -0.650. The number of ether oxygens (including phenoxy) is 2. The van der Waals surface area contributed by atoms with Crippen LogP contribution in [0.5, 0.6) is 0 Å². The minimum absolute atomic E-state index is 0.00244. The Morgan fingerprint density at radius 2 is 2.16 bits per heavy atom. The first kappa shape index (κ1) is 16.4. The summed E-state index contributed by atoms with van der Waals surface area (Å²) in [5, 5.41) is 2.91. The predicted molar refractivity (Wildman–Crippen MR) is 74.8 cm³/mol. The van der Waals surface area contributed by atoms with Gasteiger partial charge < -0.3 is 20.5 Å². The monoisotopic (exact) mass is 272 g/mol. The van der Waals surface area contributed by atoms with Crippen LogP contribution >= 0.6 is 0 Å². The molecule has 1 amide bonds. The molecule has 1 heterocycles. The van der Waals surface area contributed by atoms with Gasteiger partial charge in [-0.15, -0.1) is 0 Å². The SMILES string of the molecule is CC(C)C(CCN)CCC(=O)NCC1COCCO1. The van der Waals surface area contributed by atoms with E-state index in [1.165, 1.54) is 0 Å². The van der Waals surface area contributed by atoms with E-state index in [1.807, 2.05) is 0 Å². The maximum Gasteiger partial charge on any atom is 0.220 e. The second kappa shape index (κ2) is 9.28. The van der Waals surface area contributed by atoms with Crippen molar-refractivity contribution in [1.29, 1.82) is 0 Å². The van der Waals surface area contributed by atoms with Crippen molar-refractivity contribution < 1.29 is 14.3 Å². The Kier molecular flexibility index (Phi) is 8.02. The fraction of sp³-hybridized carbons (Fsp3) is 0.929. The van der Waals surface area contributed by atoms with Crippen molar-refractivity contribution in [3.05, 3.63) is 0 Å². The number of rotatable bonds is 8. The molecular formula is C14H28N2O3. The number of carbonyl (C=O) groups is 1. The van der Waals surface area contributed by atoms with Gasteiger partial charge in [0.05, 0.1) is 25.9 Å². The summed E-state index contributed by atoms with van der Waals surface area (Å²) in [5.41, 5.74) is 5.60. The van der Waals surface area contributed by atoms with E-state index >= 15 is 0 Å². The van der Waals surface area contributed by atoms with Crippen molar-refractivity contribution in [1.82, 2.24) is 5.32 Å². The minimum atomic E-state index is 0.00244. The van der Waals surface area contributed by atoms with Crippen LogP contribution in [-0.2, 0) is 14.3 Å². The maximum atomic E-state index is 11.8. The quantitative estimate of drug-likeness (QED) is 0.689. The van der Waals surface area contributed by atoms with E-state index in [-0.39, 0.29) is 12.0 Å². The third-order valence-corrected chi connectivity index (χ3v) is 3.63. The molecule has 1 saturated heterocycles. The summed E-state index contributed by atoms with van der Waals surface area (Å²) in [6.45, 7) is 7.45. The second-order valence-electron chi connectivity index (χ2n) is 5.49. The van der Waals surface area contributed by atoms with Gasteiger partial charge in [0, 0.05) is 13.0 Å². The molecule has 1 fully saturated rings. The molecule has 19 heavy (non-hydrogen) atoms. The molecule has 0 spiro atoms. The van der Waals surface area contributed by atoms with Crippen LogP contribution < -0.4 is 11.1 Å². The summed E-state index contributed by atoms with van der Waals surface area (Å²) >= 11 is 0. The predicted octanol–water partition coefficient (Wildman–Crippen LogP) is 0.919. The van der Waals surface area contributed by atoms with Crippen molar-refractivity contribution in [3.8, 4) is 0 Å². The van der Waals surface area contributed by atoms with Crippen molar-refractivity contribution in [2.24, 2.45) is 17.6 Å². The summed E-state index contributed by atoms with van der Waals surface area (Å²) in [7, 11) is 0. The van der Waals surface area contributed by atoms with Crippen LogP contribution in [0, 0.1) is 11.8 Å². The molecule has 0 saturated carbocycles. The fourth-order valence-electron chi connectivity index (χ4n) is 2.31. The van der Waals surface area contributed by atoms with Gasteiger partial charge >= 0.3 is 0 Å². The summed E-state index contributed by atoms with van der Waals surface area (Å²) in [6, 6.07) is 0. The normalized spacial score (nSPS) is 21.4. The summed E-state index contributed by atoms with van der Waals surface area (Å²) in [6.07, 6.45) is 2.46. The highest BCUT2D eigenvalue weighted by molar-refractivity contribution is 5.75. The zero-order valence-corrected chi connectivity index (χ0v) is 12.2. The number of nitrogens with two attached hydrogens (primary N) is 1. The van der Waals surface area contributed by atoms with E-state index in [2.05, 4.69) is 19.2 Å². The van der Waals surface area contributed by atoms with E-state index in [1.54, 1.807) is 0 Å². The highest BCUT2D eigenvalue weighted by atomic mass is 16.6.